The monoisotopic (exact) mass is 700 g/mol. The van der Waals surface area contributed by atoms with E-state index in [1.165, 1.54) is 12.7 Å². The summed E-state index contributed by atoms with van der Waals surface area (Å²) in [6, 6.07) is 17.6. The first-order valence-corrected chi connectivity index (χ1v) is 16.7. The summed E-state index contributed by atoms with van der Waals surface area (Å²) < 4.78 is 37.5. The molecule has 4 aromatic heterocycles. The van der Waals surface area contributed by atoms with Crippen molar-refractivity contribution in [1.29, 1.82) is 0 Å². The minimum atomic E-state index is -2.91. The van der Waals surface area contributed by atoms with E-state index in [0.29, 0.717) is 46.5 Å². The highest BCUT2D eigenvalue weighted by molar-refractivity contribution is 7.33. The standard InChI is InChI=1S/C32H33N10O7P/c1-21(13-41-17-37-25-27(33-15-35-29(25)41)39-31(43)23-9-5-3-6-10-23)46-19-48-50(45)49-20-47-22(2)14-42-18-38-26-28(34-16-36-30(26)42)40-32(44)24-11-7-4-8-12-24/h3-12,15-18,21-22,50H,13-14,19-20H2,1-2H3,(H,33,35,39,43)(H,34,36,40,44)/t21-,22-/m1/s1. The number of benzene rings is 2. The van der Waals surface area contributed by atoms with Crippen LogP contribution in [0.1, 0.15) is 34.6 Å². The molecule has 2 N–H and O–H groups in total. The molecule has 4 heterocycles. The normalized spacial score (nSPS) is 12.7. The van der Waals surface area contributed by atoms with E-state index in [0.717, 1.165) is 0 Å². The van der Waals surface area contributed by atoms with Crippen LogP contribution in [0.4, 0.5) is 11.6 Å². The average Bonchev–Trinajstić information content (AvgIpc) is 3.74. The van der Waals surface area contributed by atoms with Gasteiger partial charge in [-0.3, -0.25) is 23.2 Å². The van der Waals surface area contributed by atoms with Crippen LogP contribution in [0.25, 0.3) is 22.3 Å². The van der Waals surface area contributed by atoms with Gasteiger partial charge < -0.3 is 29.2 Å². The quantitative estimate of drug-likeness (QED) is 0.107. The Bertz CT molecular complexity index is 1950. The molecule has 0 aliphatic rings. The van der Waals surface area contributed by atoms with Crippen LogP contribution in [0.2, 0.25) is 0 Å². The molecule has 2 atom stereocenters. The summed E-state index contributed by atoms with van der Waals surface area (Å²) >= 11 is 0. The summed E-state index contributed by atoms with van der Waals surface area (Å²) in [5, 5.41) is 5.55. The second kappa shape index (κ2) is 16.3. The Hall–Kier alpha value is -5.45. The summed E-state index contributed by atoms with van der Waals surface area (Å²) in [5.74, 6) is -0.0422. The number of hydrogen-bond acceptors (Lipinski definition) is 13. The first-order valence-electron chi connectivity index (χ1n) is 15.4. The first kappa shape index (κ1) is 34.4. The van der Waals surface area contributed by atoms with Gasteiger partial charge in [0, 0.05) is 11.1 Å². The average molecular weight is 701 g/mol. The summed E-state index contributed by atoms with van der Waals surface area (Å²) in [5.41, 5.74) is 2.86. The van der Waals surface area contributed by atoms with Gasteiger partial charge >= 0.3 is 8.25 Å². The minimum Gasteiger partial charge on any atom is -0.350 e. The maximum atomic E-state index is 12.6. The SMILES string of the molecule is C[C@H](Cn1cnc2c(NC(=O)c3ccccc3)ncnc21)OCO[PH](=O)OCO[C@H](C)Cn1cnc2c(NC(=O)c3ccccc3)ncnc21. The number of aromatic nitrogens is 8. The van der Waals surface area contributed by atoms with Crippen LogP contribution in [0.3, 0.4) is 0 Å². The topological polar surface area (TPSA) is 199 Å². The van der Waals surface area contributed by atoms with E-state index in [1.807, 2.05) is 26.0 Å². The molecule has 18 heteroatoms. The van der Waals surface area contributed by atoms with Crippen molar-refractivity contribution in [2.24, 2.45) is 0 Å². The molecule has 0 bridgehead atoms. The Balaban J connectivity index is 0.919. The molecule has 0 saturated heterocycles. The Morgan fingerprint density at radius 2 is 1.08 bits per heavy atom. The van der Waals surface area contributed by atoms with Crippen LogP contribution in [0, 0.1) is 0 Å². The molecule has 0 fully saturated rings. The van der Waals surface area contributed by atoms with Gasteiger partial charge in [-0.25, -0.2) is 29.9 Å². The highest BCUT2D eigenvalue weighted by Gasteiger charge is 2.17. The minimum absolute atomic E-state index is 0.279. The second-order valence-electron chi connectivity index (χ2n) is 11.0. The maximum absolute atomic E-state index is 12.6. The van der Waals surface area contributed by atoms with Crippen molar-refractivity contribution in [2.75, 3.05) is 24.2 Å². The second-order valence-corrected chi connectivity index (χ2v) is 12.0. The Kier molecular flexibility index (Phi) is 11.2. The number of nitrogens with one attached hydrogen (secondary N) is 2. The third-order valence-corrected chi connectivity index (χ3v) is 8.01. The number of fused-ring (bicyclic) bond motifs is 2. The van der Waals surface area contributed by atoms with E-state index in [9.17, 15) is 14.2 Å². The third-order valence-electron chi connectivity index (χ3n) is 7.30. The van der Waals surface area contributed by atoms with E-state index in [1.54, 1.807) is 70.3 Å². The smallest absolute Gasteiger partial charge is 0.323 e. The highest BCUT2D eigenvalue weighted by Crippen LogP contribution is 2.25. The van der Waals surface area contributed by atoms with Crippen molar-refractivity contribution in [1.82, 2.24) is 39.0 Å². The van der Waals surface area contributed by atoms with E-state index >= 15 is 0 Å². The maximum Gasteiger partial charge on any atom is 0.323 e. The number of carbonyl (C=O) groups is 2. The Morgan fingerprint density at radius 3 is 1.50 bits per heavy atom. The van der Waals surface area contributed by atoms with Gasteiger partial charge in [0.25, 0.3) is 11.8 Å². The van der Waals surface area contributed by atoms with Crippen LogP contribution in [0.5, 0.6) is 0 Å². The number of rotatable bonds is 16. The Labute approximate surface area is 286 Å². The lowest BCUT2D eigenvalue weighted by atomic mass is 10.2. The molecule has 258 valence electrons. The number of ether oxygens (including phenoxy) is 2. The highest BCUT2D eigenvalue weighted by atomic mass is 31.1. The molecule has 0 radical (unpaired) electrons. The van der Waals surface area contributed by atoms with Crippen LogP contribution in [0.15, 0.2) is 86.0 Å². The van der Waals surface area contributed by atoms with E-state index in [2.05, 4.69) is 40.5 Å². The molecule has 2 aromatic carbocycles. The number of carbonyl (C=O) groups excluding carboxylic acids is 2. The predicted octanol–water partition coefficient (Wildman–Crippen LogP) is 4.32. The summed E-state index contributed by atoms with van der Waals surface area (Å²) in [4.78, 5) is 50.9. The van der Waals surface area contributed by atoms with Gasteiger partial charge in [0.05, 0.1) is 38.0 Å². The number of imidazole rings is 2. The fourth-order valence-corrected chi connectivity index (χ4v) is 5.26. The lowest BCUT2D eigenvalue weighted by Crippen LogP contribution is -2.18. The van der Waals surface area contributed by atoms with Crippen molar-refractivity contribution in [2.45, 2.75) is 39.1 Å². The summed E-state index contributed by atoms with van der Waals surface area (Å²) in [6.07, 6.45) is 5.09. The van der Waals surface area contributed by atoms with Crippen molar-refractivity contribution < 1.29 is 32.7 Å². The lowest BCUT2D eigenvalue weighted by molar-refractivity contribution is -0.0597. The fraction of sp³-hybridized carbons (Fsp3) is 0.250. The molecule has 0 saturated carbocycles. The van der Waals surface area contributed by atoms with Crippen LogP contribution < -0.4 is 10.6 Å². The van der Waals surface area contributed by atoms with Gasteiger partial charge in [-0.05, 0) is 38.1 Å². The van der Waals surface area contributed by atoms with Gasteiger partial charge in [-0.15, -0.1) is 0 Å². The van der Waals surface area contributed by atoms with Crippen LogP contribution in [-0.4, -0.2) is 76.6 Å². The zero-order valence-electron chi connectivity index (χ0n) is 27.0. The van der Waals surface area contributed by atoms with Gasteiger partial charge in [0.2, 0.25) is 0 Å². The molecule has 6 aromatic rings. The van der Waals surface area contributed by atoms with Crippen LogP contribution in [-0.2, 0) is 36.2 Å². The Morgan fingerprint density at radius 1 is 0.660 bits per heavy atom. The third kappa shape index (κ3) is 8.58. The molecule has 0 spiro atoms. The summed E-state index contributed by atoms with van der Waals surface area (Å²) in [6.45, 7) is 3.75. The zero-order valence-corrected chi connectivity index (χ0v) is 28.0. The predicted molar refractivity (Wildman–Crippen MR) is 181 cm³/mol. The van der Waals surface area contributed by atoms with Gasteiger partial charge in [-0.2, -0.15) is 0 Å². The van der Waals surface area contributed by atoms with Gasteiger partial charge in [-0.1, -0.05) is 36.4 Å². The van der Waals surface area contributed by atoms with Crippen molar-refractivity contribution in [3.8, 4) is 0 Å². The first-order chi connectivity index (χ1) is 24.4. The number of amides is 2. The number of nitrogens with zero attached hydrogens (tertiary/aromatic N) is 8. The largest absolute Gasteiger partial charge is 0.350 e. The molecule has 2 amide bonds. The zero-order chi connectivity index (χ0) is 34.9. The van der Waals surface area contributed by atoms with E-state index in [4.69, 9.17) is 18.5 Å². The molecule has 0 aliphatic carbocycles. The lowest BCUT2D eigenvalue weighted by Gasteiger charge is -2.15. The number of hydrogen-bond donors (Lipinski definition) is 2. The molecular formula is C32H33N10O7P. The number of anilines is 2. The van der Waals surface area contributed by atoms with Gasteiger partial charge in [0.1, 0.15) is 12.7 Å². The van der Waals surface area contributed by atoms with Crippen LogP contribution >= 0.6 is 8.25 Å². The molecule has 6 rings (SSSR count). The molecular weight excluding hydrogens is 667 g/mol. The van der Waals surface area contributed by atoms with Crippen molar-refractivity contribution in [3.63, 3.8) is 0 Å². The molecule has 0 aliphatic heterocycles. The molecule has 0 unspecified atom stereocenters. The fourth-order valence-electron chi connectivity index (χ4n) is 4.85. The van der Waals surface area contributed by atoms with Crippen molar-refractivity contribution in [3.05, 3.63) is 97.1 Å². The van der Waals surface area contributed by atoms with E-state index < -0.39 is 8.25 Å². The van der Waals surface area contributed by atoms with E-state index in [-0.39, 0.29) is 49.2 Å². The van der Waals surface area contributed by atoms with Crippen molar-refractivity contribution >= 4 is 54.0 Å². The summed E-state index contributed by atoms with van der Waals surface area (Å²) in [7, 11) is -2.91. The molecule has 17 nitrogen and oxygen atoms in total. The van der Waals surface area contributed by atoms with Gasteiger partial charge in [0.15, 0.2) is 47.5 Å². The molecule has 50 heavy (non-hydrogen) atoms.